The lowest BCUT2D eigenvalue weighted by Gasteiger charge is -2.02. The smallest absolute Gasteiger partial charge is 0.347 e. The number of carboxylic acids is 1. The molecule has 2 aromatic heterocycles. The van der Waals surface area contributed by atoms with Gasteiger partial charge < -0.3 is 15.4 Å². The number of carboxylic acid groups (broad SMARTS) is 1. The maximum atomic E-state index is 11.9. The van der Waals surface area contributed by atoms with Gasteiger partial charge in [0.15, 0.2) is 5.43 Å². The minimum Gasteiger partial charge on any atom is -0.477 e. The summed E-state index contributed by atoms with van der Waals surface area (Å²) in [6.07, 6.45) is 1.35. The molecule has 0 atom stereocenters. The number of rotatable bonds is 4. The molecule has 110 valence electrons. The molecule has 0 aliphatic carbocycles. The Balaban J connectivity index is 2.09. The molecule has 0 radical (unpaired) electrons. The number of aromatic amines is 1. The molecule has 8 heteroatoms. The Morgan fingerprint density at radius 3 is 2.71 bits per heavy atom. The van der Waals surface area contributed by atoms with Gasteiger partial charge in [-0.25, -0.2) is 9.78 Å². The number of carbonyl (C=O) groups is 2. The zero-order valence-corrected chi connectivity index (χ0v) is 12.2. The van der Waals surface area contributed by atoms with E-state index < -0.39 is 11.9 Å². The van der Waals surface area contributed by atoms with E-state index in [2.05, 4.69) is 15.3 Å². The number of thiazole rings is 1. The topological polar surface area (TPSA) is 112 Å². The monoisotopic (exact) mass is 307 g/mol. The number of hydrogen-bond donors (Lipinski definition) is 3. The number of carbonyl (C=O) groups excluding carboxylic acids is 1. The summed E-state index contributed by atoms with van der Waals surface area (Å²) in [4.78, 5) is 41.5. The van der Waals surface area contributed by atoms with E-state index in [0.29, 0.717) is 16.4 Å². The summed E-state index contributed by atoms with van der Waals surface area (Å²) in [5, 5.41) is 12.0. The molecule has 0 bridgehead atoms. The Labute approximate surface area is 123 Å². The SMILES string of the molecule is Cc1cc(=O)c(C(=O)NCc2nc(C)c(C(=O)O)s2)c[nH]1. The van der Waals surface area contributed by atoms with Crippen LogP contribution in [0.5, 0.6) is 0 Å². The van der Waals surface area contributed by atoms with Gasteiger partial charge in [0.1, 0.15) is 15.4 Å². The van der Waals surface area contributed by atoms with Crippen LogP contribution in [0.15, 0.2) is 17.1 Å². The molecule has 0 aliphatic heterocycles. The highest BCUT2D eigenvalue weighted by atomic mass is 32.1. The number of amides is 1. The van der Waals surface area contributed by atoms with Gasteiger partial charge in [0.25, 0.3) is 5.91 Å². The zero-order valence-electron chi connectivity index (χ0n) is 11.4. The molecule has 3 N–H and O–H groups in total. The van der Waals surface area contributed by atoms with Crippen molar-refractivity contribution in [1.82, 2.24) is 15.3 Å². The first-order chi connectivity index (χ1) is 9.88. The van der Waals surface area contributed by atoms with Crippen LogP contribution in [0.2, 0.25) is 0 Å². The normalized spacial score (nSPS) is 10.4. The average Bonchev–Trinajstić information content (AvgIpc) is 2.77. The summed E-state index contributed by atoms with van der Waals surface area (Å²) in [7, 11) is 0. The largest absolute Gasteiger partial charge is 0.477 e. The van der Waals surface area contributed by atoms with E-state index >= 15 is 0 Å². The van der Waals surface area contributed by atoms with E-state index in [4.69, 9.17) is 5.11 Å². The van der Waals surface area contributed by atoms with Crippen LogP contribution in [0.1, 0.15) is 36.4 Å². The van der Waals surface area contributed by atoms with Gasteiger partial charge in [-0.05, 0) is 13.8 Å². The molecule has 0 spiro atoms. The van der Waals surface area contributed by atoms with Gasteiger partial charge in [-0.2, -0.15) is 0 Å². The molecule has 2 rings (SSSR count). The second kappa shape index (κ2) is 5.88. The highest BCUT2D eigenvalue weighted by Gasteiger charge is 2.15. The van der Waals surface area contributed by atoms with E-state index in [9.17, 15) is 14.4 Å². The number of pyridine rings is 1. The second-order valence-electron chi connectivity index (χ2n) is 4.40. The summed E-state index contributed by atoms with van der Waals surface area (Å²) in [5.74, 6) is -1.57. The second-order valence-corrected chi connectivity index (χ2v) is 5.49. The summed E-state index contributed by atoms with van der Waals surface area (Å²) in [6.45, 7) is 3.38. The summed E-state index contributed by atoms with van der Waals surface area (Å²) in [6, 6.07) is 1.34. The van der Waals surface area contributed by atoms with Crippen LogP contribution in [-0.2, 0) is 6.54 Å². The van der Waals surface area contributed by atoms with Crippen molar-refractivity contribution < 1.29 is 14.7 Å². The lowest BCUT2D eigenvalue weighted by atomic mass is 10.2. The molecule has 0 unspecified atom stereocenters. The van der Waals surface area contributed by atoms with Gasteiger partial charge in [0, 0.05) is 18.0 Å². The van der Waals surface area contributed by atoms with Crippen LogP contribution in [0.25, 0.3) is 0 Å². The summed E-state index contributed by atoms with van der Waals surface area (Å²) in [5.41, 5.74) is 0.709. The minimum atomic E-state index is -1.04. The highest BCUT2D eigenvalue weighted by Crippen LogP contribution is 2.17. The number of H-pyrrole nitrogens is 1. The van der Waals surface area contributed by atoms with E-state index in [0.717, 1.165) is 11.3 Å². The van der Waals surface area contributed by atoms with Crippen LogP contribution in [-0.4, -0.2) is 27.0 Å². The van der Waals surface area contributed by atoms with E-state index in [1.807, 2.05) is 0 Å². The van der Waals surface area contributed by atoms with Gasteiger partial charge in [0.05, 0.1) is 12.2 Å². The van der Waals surface area contributed by atoms with Gasteiger partial charge in [-0.1, -0.05) is 0 Å². The van der Waals surface area contributed by atoms with Crippen molar-refractivity contribution in [3.05, 3.63) is 49.3 Å². The lowest BCUT2D eigenvalue weighted by Crippen LogP contribution is -2.28. The molecule has 1 amide bonds. The maximum absolute atomic E-state index is 11.9. The molecule has 0 fully saturated rings. The highest BCUT2D eigenvalue weighted by molar-refractivity contribution is 7.13. The third-order valence-electron chi connectivity index (χ3n) is 2.74. The standard InChI is InChI=1S/C13H13N3O4S/c1-6-3-9(17)8(4-14-6)12(18)15-5-10-16-7(2)11(21-10)13(19)20/h3-4H,5H2,1-2H3,(H,14,17)(H,15,18)(H,19,20). The zero-order chi connectivity index (χ0) is 15.6. The van der Waals surface area contributed by atoms with E-state index in [-0.39, 0.29) is 22.4 Å². The molecular formula is C13H13N3O4S. The van der Waals surface area contributed by atoms with Gasteiger partial charge in [0.2, 0.25) is 0 Å². The van der Waals surface area contributed by atoms with Gasteiger partial charge in [-0.3, -0.25) is 9.59 Å². The summed E-state index contributed by atoms with van der Waals surface area (Å²) >= 11 is 1.00. The van der Waals surface area contributed by atoms with Gasteiger partial charge in [-0.15, -0.1) is 11.3 Å². The molecular weight excluding hydrogens is 294 g/mol. The lowest BCUT2D eigenvalue weighted by molar-refractivity contribution is 0.0701. The van der Waals surface area contributed by atoms with Crippen LogP contribution < -0.4 is 10.7 Å². The number of nitrogens with one attached hydrogen (secondary N) is 2. The molecule has 0 saturated carbocycles. The predicted molar refractivity (Wildman–Crippen MR) is 76.8 cm³/mol. The first-order valence-electron chi connectivity index (χ1n) is 6.05. The molecule has 2 aromatic rings. The Morgan fingerprint density at radius 2 is 2.14 bits per heavy atom. The van der Waals surface area contributed by atoms with Crippen LogP contribution in [0.4, 0.5) is 0 Å². The molecule has 2 heterocycles. The molecule has 7 nitrogen and oxygen atoms in total. The van der Waals surface area contributed by atoms with Crippen LogP contribution >= 0.6 is 11.3 Å². The van der Waals surface area contributed by atoms with E-state index in [1.165, 1.54) is 12.3 Å². The Kier molecular flexibility index (Phi) is 4.18. The summed E-state index contributed by atoms with van der Waals surface area (Å²) < 4.78 is 0. The molecule has 0 saturated heterocycles. The fourth-order valence-corrected chi connectivity index (χ4v) is 2.57. The van der Waals surface area contributed by atoms with Crippen molar-refractivity contribution in [1.29, 1.82) is 0 Å². The Morgan fingerprint density at radius 1 is 1.43 bits per heavy atom. The quantitative estimate of drug-likeness (QED) is 0.782. The van der Waals surface area contributed by atoms with Crippen molar-refractivity contribution >= 4 is 23.2 Å². The fraction of sp³-hybridized carbons (Fsp3) is 0.231. The van der Waals surface area contributed by atoms with Crippen molar-refractivity contribution in [2.45, 2.75) is 20.4 Å². The Hall–Kier alpha value is -2.48. The third kappa shape index (κ3) is 3.34. The van der Waals surface area contributed by atoms with Crippen molar-refractivity contribution in [3.63, 3.8) is 0 Å². The van der Waals surface area contributed by atoms with E-state index in [1.54, 1.807) is 13.8 Å². The maximum Gasteiger partial charge on any atom is 0.347 e. The number of hydrogen-bond acceptors (Lipinski definition) is 5. The third-order valence-corrected chi connectivity index (χ3v) is 3.88. The fourth-order valence-electron chi connectivity index (χ4n) is 1.73. The first-order valence-corrected chi connectivity index (χ1v) is 6.87. The molecule has 0 aliphatic rings. The van der Waals surface area contributed by atoms with Gasteiger partial charge >= 0.3 is 5.97 Å². The van der Waals surface area contributed by atoms with Crippen molar-refractivity contribution in [2.24, 2.45) is 0 Å². The van der Waals surface area contributed by atoms with Crippen molar-refractivity contribution in [2.75, 3.05) is 0 Å². The minimum absolute atomic E-state index is 0.00679. The Bertz CT molecular complexity index is 763. The molecule has 21 heavy (non-hydrogen) atoms. The first kappa shape index (κ1) is 14.9. The average molecular weight is 307 g/mol. The predicted octanol–water partition coefficient (Wildman–Crippen LogP) is 1.08. The van der Waals surface area contributed by atoms with Crippen LogP contribution in [0.3, 0.4) is 0 Å². The number of aryl methyl sites for hydroxylation is 2. The number of aromatic carboxylic acids is 1. The van der Waals surface area contributed by atoms with Crippen LogP contribution in [0, 0.1) is 13.8 Å². The molecule has 0 aromatic carbocycles. The number of aromatic nitrogens is 2. The van der Waals surface area contributed by atoms with Crippen molar-refractivity contribution in [3.8, 4) is 0 Å². The number of nitrogens with zero attached hydrogens (tertiary/aromatic N) is 1.